The van der Waals surface area contributed by atoms with E-state index in [1.54, 1.807) is 0 Å². The minimum absolute atomic E-state index is 0.161. The second-order valence-corrected chi connectivity index (χ2v) is 4.96. The van der Waals surface area contributed by atoms with E-state index in [2.05, 4.69) is 15.5 Å². The molecule has 5 heteroatoms. The molecule has 2 N–H and O–H groups in total. The molecule has 2 fully saturated rings. The molecule has 0 aliphatic carbocycles. The first-order chi connectivity index (χ1) is 8.28. The van der Waals surface area contributed by atoms with Crippen LogP contribution in [0.3, 0.4) is 0 Å². The lowest BCUT2D eigenvalue weighted by molar-refractivity contribution is -0.123. The summed E-state index contributed by atoms with van der Waals surface area (Å²) in [4.78, 5) is 14.1. The summed E-state index contributed by atoms with van der Waals surface area (Å²) in [6, 6.07) is 0.866. The summed E-state index contributed by atoms with van der Waals surface area (Å²) in [5.74, 6) is 0.161. The van der Waals surface area contributed by atoms with Crippen molar-refractivity contribution in [2.75, 3.05) is 39.9 Å². The fourth-order valence-electron chi connectivity index (χ4n) is 2.53. The third-order valence-electron chi connectivity index (χ3n) is 3.63. The van der Waals surface area contributed by atoms with E-state index in [0.29, 0.717) is 18.6 Å². The maximum atomic E-state index is 11.8. The molecule has 0 bridgehead atoms. The van der Waals surface area contributed by atoms with E-state index in [1.165, 1.54) is 0 Å². The Hall–Kier alpha value is -0.650. The van der Waals surface area contributed by atoms with Gasteiger partial charge in [-0.1, -0.05) is 0 Å². The molecule has 98 valence electrons. The van der Waals surface area contributed by atoms with Crippen LogP contribution in [0.25, 0.3) is 0 Å². The van der Waals surface area contributed by atoms with Crippen LogP contribution in [-0.4, -0.2) is 62.8 Å². The van der Waals surface area contributed by atoms with E-state index in [1.807, 2.05) is 7.05 Å². The van der Waals surface area contributed by atoms with E-state index in [-0.39, 0.29) is 5.91 Å². The number of nitrogens with one attached hydrogen (secondary N) is 2. The number of carbonyl (C=O) groups is 1. The van der Waals surface area contributed by atoms with Crippen molar-refractivity contribution in [3.8, 4) is 0 Å². The lowest BCUT2D eigenvalue weighted by atomic mass is 10.1. The van der Waals surface area contributed by atoms with Crippen LogP contribution in [0.15, 0.2) is 0 Å². The Labute approximate surface area is 103 Å². The van der Waals surface area contributed by atoms with Crippen molar-refractivity contribution in [3.05, 3.63) is 0 Å². The Morgan fingerprint density at radius 3 is 2.71 bits per heavy atom. The Bertz CT molecular complexity index is 254. The molecule has 2 aliphatic rings. The van der Waals surface area contributed by atoms with Crippen molar-refractivity contribution < 1.29 is 9.53 Å². The standard InChI is InChI=1S/C12H23N3O2/c1-13-11-2-5-15(8-11)9-12(16)14-10-3-6-17-7-4-10/h10-11,13H,2-9H2,1H3,(H,14,16). The Balaban J connectivity index is 1.66. The van der Waals surface area contributed by atoms with Crippen LogP contribution in [0, 0.1) is 0 Å². The average molecular weight is 241 g/mol. The molecule has 17 heavy (non-hydrogen) atoms. The van der Waals surface area contributed by atoms with E-state index in [0.717, 1.165) is 45.6 Å². The number of hydrogen-bond acceptors (Lipinski definition) is 4. The summed E-state index contributed by atoms with van der Waals surface area (Å²) in [6.07, 6.45) is 3.04. The van der Waals surface area contributed by atoms with Gasteiger partial charge in [-0.15, -0.1) is 0 Å². The zero-order valence-electron chi connectivity index (χ0n) is 10.6. The van der Waals surface area contributed by atoms with Gasteiger partial charge in [0.15, 0.2) is 0 Å². The summed E-state index contributed by atoms with van der Waals surface area (Å²) in [5, 5.41) is 6.36. The molecule has 0 spiro atoms. The van der Waals surface area contributed by atoms with Crippen LogP contribution in [0.4, 0.5) is 0 Å². The monoisotopic (exact) mass is 241 g/mol. The highest BCUT2D eigenvalue weighted by molar-refractivity contribution is 5.78. The number of hydrogen-bond donors (Lipinski definition) is 2. The van der Waals surface area contributed by atoms with Crippen molar-refractivity contribution in [2.45, 2.75) is 31.3 Å². The van der Waals surface area contributed by atoms with Gasteiger partial charge in [0.25, 0.3) is 0 Å². The van der Waals surface area contributed by atoms with Crippen molar-refractivity contribution in [3.63, 3.8) is 0 Å². The van der Waals surface area contributed by atoms with Crippen molar-refractivity contribution in [1.29, 1.82) is 0 Å². The van der Waals surface area contributed by atoms with Crippen LogP contribution in [0.5, 0.6) is 0 Å². The average Bonchev–Trinajstić information content (AvgIpc) is 2.78. The van der Waals surface area contributed by atoms with Gasteiger partial charge in [0.1, 0.15) is 0 Å². The number of nitrogens with zero attached hydrogens (tertiary/aromatic N) is 1. The highest BCUT2D eigenvalue weighted by Gasteiger charge is 2.23. The topological polar surface area (TPSA) is 53.6 Å². The van der Waals surface area contributed by atoms with E-state index >= 15 is 0 Å². The zero-order valence-corrected chi connectivity index (χ0v) is 10.6. The molecular formula is C12H23N3O2. The van der Waals surface area contributed by atoms with E-state index in [9.17, 15) is 4.79 Å². The molecule has 5 nitrogen and oxygen atoms in total. The normalized spacial score (nSPS) is 27.2. The van der Waals surface area contributed by atoms with Gasteiger partial charge >= 0.3 is 0 Å². The van der Waals surface area contributed by atoms with Gasteiger partial charge in [-0.05, 0) is 26.3 Å². The van der Waals surface area contributed by atoms with Gasteiger partial charge in [0.05, 0.1) is 6.54 Å². The minimum atomic E-state index is 0.161. The largest absolute Gasteiger partial charge is 0.381 e. The Kier molecular flexibility index (Phi) is 4.76. The maximum Gasteiger partial charge on any atom is 0.234 e. The molecule has 1 atom stereocenters. The molecule has 0 aromatic carbocycles. The lowest BCUT2D eigenvalue weighted by Gasteiger charge is -2.24. The first-order valence-electron chi connectivity index (χ1n) is 6.54. The SMILES string of the molecule is CNC1CCN(CC(=O)NC2CCOCC2)C1. The van der Waals surface area contributed by atoms with Crippen LogP contribution in [0.1, 0.15) is 19.3 Å². The molecule has 0 aromatic rings. The number of amides is 1. The molecular weight excluding hydrogens is 218 g/mol. The van der Waals surface area contributed by atoms with Crippen molar-refractivity contribution in [2.24, 2.45) is 0 Å². The van der Waals surface area contributed by atoms with E-state index < -0.39 is 0 Å². The molecule has 1 unspecified atom stereocenters. The number of carbonyl (C=O) groups excluding carboxylic acids is 1. The molecule has 2 aliphatic heterocycles. The molecule has 0 radical (unpaired) electrons. The molecule has 1 amide bonds. The summed E-state index contributed by atoms with van der Waals surface area (Å²) >= 11 is 0. The first-order valence-corrected chi connectivity index (χ1v) is 6.54. The number of ether oxygens (including phenoxy) is 1. The Morgan fingerprint density at radius 2 is 2.06 bits per heavy atom. The van der Waals surface area contributed by atoms with Gasteiger partial charge in [-0.25, -0.2) is 0 Å². The quantitative estimate of drug-likeness (QED) is 0.701. The molecule has 0 aromatic heterocycles. The lowest BCUT2D eigenvalue weighted by Crippen LogP contribution is -2.44. The van der Waals surface area contributed by atoms with E-state index in [4.69, 9.17) is 4.74 Å². The second kappa shape index (κ2) is 6.33. The molecule has 2 saturated heterocycles. The summed E-state index contributed by atoms with van der Waals surface area (Å²) < 4.78 is 5.27. The fourth-order valence-corrected chi connectivity index (χ4v) is 2.53. The maximum absolute atomic E-state index is 11.8. The van der Waals surface area contributed by atoms with Gasteiger partial charge in [-0.3, -0.25) is 9.69 Å². The summed E-state index contributed by atoms with van der Waals surface area (Å²) in [6.45, 7) is 4.09. The fraction of sp³-hybridized carbons (Fsp3) is 0.917. The Morgan fingerprint density at radius 1 is 1.29 bits per heavy atom. The van der Waals surface area contributed by atoms with Crippen molar-refractivity contribution >= 4 is 5.91 Å². The predicted octanol–water partition coefficient (Wildman–Crippen LogP) is -0.425. The minimum Gasteiger partial charge on any atom is -0.381 e. The van der Waals surface area contributed by atoms with Gasteiger partial charge in [0.2, 0.25) is 5.91 Å². The van der Waals surface area contributed by atoms with Gasteiger partial charge < -0.3 is 15.4 Å². The van der Waals surface area contributed by atoms with Crippen LogP contribution < -0.4 is 10.6 Å². The second-order valence-electron chi connectivity index (χ2n) is 4.96. The van der Waals surface area contributed by atoms with Crippen LogP contribution in [0.2, 0.25) is 0 Å². The first kappa shape index (κ1) is 12.8. The third-order valence-corrected chi connectivity index (χ3v) is 3.63. The number of rotatable bonds is 4. The molecule has 2 rings (SSSR count). The van der Waals surface area contributed by atoms with Crippen LogP contribution in [-0.2, 0) is 9.53 Å². The molecule has 0 saturated carbocycles. The number of likely N-dealkylation sites (tertiary alicyclic amines) is 1. The van der Waals surface area contributed by atoms with Gasteiger partial charge in [-0.2, -0.15) is 0 Å². The number of likely N-dealkylation sites (N-methyl/N-ethyl adjacent to an activating group) is 1. The van der Waals surface area contributed by atoms with Crippen molar-refractivity contribution in [1.82, 2.24) is 15.5 Å². The molecule has 2 heterocycles. The summed E-state index contributed by atoms with van der Waals surface area (Å²) in [7, 11) is 1.98. The predicted molar refractivity (Wildman–Crippen MR) is 65.9 cm³/mol. The third kappa shape index (κ3) is 3.94. The summed E-state index contributed by atoms with van der Waals surface area (Å²) in [5.41, 5.74) is 0. The highest BCUT2D eigenvalue weighted by atomic mass is 16.5. The smallest absolute Gasteiger partial charge is 0.234 e. The van der Waals surface area contributed by atoms with Gasteiger partial charge in [0, 0.05) is 38.4 Å². The van der Waals surface area contributed by atoms with Crippen LogP contribution >= 0.6 is 0 Å². The zero-order chi connectivity index (χ0) is 12.1. The highest BCUT2D eigenvalue weighted by Crippen LogP contribution is 2.09.